The molecule has 0 saturated carbocycles. The predicted octanol–water partition coefficient (Wildman–Crippen LogP) is 0.193. The molecule has 0 spiro atoms. The fraction of sp³-hybridized carbons (Fsp3) is 0.857. The van der Waals surface area contributed by atoms with Crippen LogP contribution in [0.15, 0.2) is 0 Å². The van der Waals surface area contributed by atoms with Crippen LogP contribution in [0.1, 0.15) is 19.3 Å². The number of hydrogen-bond donors (Lipinski definition) is 2. The predicted molar refractivity (Wildman–Crippen MR) is 41.7 cm³/mol. The molecule has 5 heteroatoms. The summed E-state index contributed by atoms with van der Waals surface area (Å²) in [4.78, 5) is 10.9. The lowest BCUT2D eigenvalue weighted by Crippen LogP contribution is -2.51. The highest BCUT2D eigenvalue weighted by Crippen LogP contribution is 2.47. The molecule has 68 valence electrons. The molecule has 2 heterocycles. The maximum absolute atomic E-state index is 10.9. The highest BCUT2D eigenvalue weighted by molar-refractivity contribution is 6.16. The summed E-state index contributed by atoms with van der Waals surface area (Å²) in [6.07, 6.45) is 0.895. The molecule has 2 aliphatic rings. The summed E-state index contributed by atoms with van der Waals surface area (Å²) in [5.41, 5.74) is -1.20. The van der Waals surface area contributed by atoms with E-state index >= 15 is 0 Å². The van der Waals surface area contributed by atoms with E-state index in [0.717, 1.165) is 6.42 Å². The van der Waals surface area contributed by atoms with Crippen molar-refractivity contribution in [3.8, 4) is 0 Å². The Morgan fingerprint density at radius 3 is 2.58 bits per heavy atom. The third-order valence-corrected chi connectivity index (χ3v) is 3.56. The SMILES string of the molecule is O=C(O)[C@]12CC[C@H](C[C@H]1O)N2Cl. The van der Waals surface area contributed by atoms with Crippen molar-refractivity contribution in [2.24, 2.45) is 0 Å². The Balaban J connectivity index is 2.38. The van der Waals surface area contributed by atoms with Gasteiger partial charge in [-0.25, -0.2) is 0 Å². The highest BCUT2D eigenvalue weighted by Gasteiger charge is 2.62. The monoisotopic (exact) mass is 191 g/mol. The largest absolute Gasteiger partial charge is 0.480 e. The van der Waals surface area contributed by atoms with Gasteiger partial charge in [0, 0.05) is 6.04 Å². The van der Waals surface area contributed by atoms with Crippen molar-refractivity contribution < 1.29 is 15.0 Å². The third-order valence-electron chi connectivity index (χ3n) is 2.98. The quantitative estimate of drug-likeness (QED) is 0.581. The number of halogens is 1. The van der Waals surface area contributed by atoms with E-state index in [0.29, 0.717) is 12.8 Å². The van der Waals surface area contributed by atoms with Gasteiger partial charge in [-0.3, -0.25) is 4.79 Å². The molecule has 0 aliphatic carbocycles. The van der Waals surface area contributed by atoms with Crippen LogP contribution in [-0.2, 0) is 4.79 Å². The van der Waals surface area contributed by atoms with Crippen LogP contribution in [0, 0.1) is 0 Å². The molecular formula is C7H10ClNO3. The van der Waals surface area contributed by atoms with Crippen molar-refractivity contribution >= 4 is 17.7 Å². The van der Waals surface area contributed by atoms with Crippen LogP contribution in [0.25, 0.3) is 0 Å². The number of carboxylic acid groups (broad SMARTS) is 1. The number of fused-ring (bicyclic) bond motifs is 2. The van der Waals surface area contributed by atoms with Crippen molar-refractivity contribution in [1.29, 1.82) is 0 Å². The first-order valence-corrected chi connectivity index (χ1v) is 4.29. The second-order valence-electron chi connectivity index (χ2n) is 3.48. The summed E-state index contributed by atoms with van der Waals surface area (Å²) in [5.74, 6) is -1.01. The van der Waals surface area contributed by atoms with Gasteiger partial charge in [-0.2, -0.15) is 4.42 Å². The van der Waals surface area contributed by atoms with Gasteiger partial charge >= 0.3 is 5.97 Å². The van der Waals surface area contributed by atoms with E-state index in [1.54, 1.807) is 0 Å². The first kappa shape index (κ1) is 8.29. The number of carbonyl (C=O) groups is 1. The molecule has 0 aromatic carbocycles. The smallest absolute Gasteiger partial charge is 0.328 e. The molecule has 0 aromatic heterocycles. The minimum Gasteiger partial charge on any atom is -0.480 e. The van der Waals surface area contributed by atoms with Gasteiger partial charge in [0.15, 0.2) is 5.54 Å². The van der Waals surface area contributed by atoms with Gasteiger partial charge in [-0.1, -0.05) is 0 Å². The standard InChI is InChI=1S/C7H10ClNO3/c8-9-4-1-2-7(9,6(11)12)5(10)3-4/h4-5,10H,1-3H2,(H,11,12)/t4-,5-,7+/m1/s1. The Morgan fingerprint density at radius 1 is 1.67 bits per heavy atom. The number of rotatable bonds is 1. The lowest BCUT2D eigenvalue weighted by molar-refractivity contribution is -0.151. The molecule has 2 fully saturated rings. The Hall–Kier alpha value is -0.320. The van der Waals surface area contributed by atoms with E-state index in [1.807, 2.05) is 0 Å². The van der Waals surface area contributed by atoms with Gasteiger partial charge in [0.1, 0.15) is 0 Å². The molecule has 2 N–H and O–H groups in total. The van der Waals surface area contributed by atoms with Crippen molar-refractivity contribution in [2.75, 3.05) is 0 Å². The maximum Gasteiger partial charge on any atom is 0.328 e. The fourth-order valence-corrected chi connectivity index (χ4v) is 2.69. The Morgan fingerprint density at radius 2 is 2.33 bits per heavy atom. The summed E-state index contributed by atoms with van der Waals surface area (Å²) in [6, 6.07) is 0.0396. The third kappa shape index (κ3) is 0.727. The molecule has 3 atom stereocenters. The Labute approximate surface area is 74.8 Å². The molecular weight excluding hydrogens is 182 g/mol. The van der Waals surface area contributed by atoms with Gasteiger partial charge in [0.2, 0.25) is 0 Å². The molecule has 2 aliphatic heterocycles. The van der Waals surface area contributed by atoms with Crippen molar-refractivity contribution in [1.82, 2.24) is 4.42 Å². The van der Waals surface area contributed by atoms with E-state index in [4.69, 9.17) is 16.9 Å². The van der Waals surface area contributed by atoms with Crippen LogP contribution in [0.4, 0.5) is 0 Å². The number of aliphatic hydroxyl groups is 1. The average Bonchev–Trinajstić information content (AvgIpc) is 2.42. The van der Waals surface area contributed by atoms with Gasteiger partial charge in [0.05, 0.1) is 6.10 Å². The number of carboxylic acids is 1. The summed E-state index contributed by atoms with van der Waals surface area (Å²) in [7, 11) is 0. The molecule has 0 radical (unpaired) electrons. The van der Waals surface area contributed by atoms with Crippen LogP contribution in [0.5, 0.6) is 0 Å². The van der Waals surface area contributed by atoms with E-state index in [1.165, 1.54) is 4.42 Å². The molecule has 2 saturated heterocycles. The van der Waals surface area contributed by atoms with E-state index in [9.17, 15) is 9.90 Å². The molecule has 2 rings (SSSR count). The minimum absolute atomic E-state index is 0.0396. The average molecular weight is 192 g/mol. The number of aliphatic carboxylic acids is 1. The van der Waals surface area contributed by atoms with Crippen LogP contribution < -0.4 is 0 Å². The molecule has 0 aromatic rings. The second-order valence-corrected chi connectivity index (χ2v) is 3.85. The second kappa shape index (κ2) is 2.34. The zero-order chi connectivity index (χ0) is 8.93. The van der Waals surface area contributed by atoms with E-state index in [2.05, 4.69) is 0 Å². The number of hydrogen-bond acceptors (Lipinski definition) is 3. The fourth-order valence-electron chi connectivity index (χ4n) is 2.25. The van der Waals surface area contributed by atoms with Gasteiger partial charge in [0.25, 0.3) is 0 Å². The van der Waals surface area contributed by atoms with Gasteiger partial charge in [-0.15, -0.1) is 0 Å². The highest BCUT2D eigenvalue weighted by atomic mass is 35.5. The van der Waals surface area contributed by atoms with Crippen LogP contribution >= 0.6 is 11.8 Å². The van der Waals surface area contributed by atoms with Gasteiger partial charge in [-0.05, 0) is 31.0 Å². The first-order valence-electron chi connectivity index (χ1n) is 3.95. The molecule has 12 heavy (non-hydrogen) atoms. The van der Waals surface area contributed by atoms with E-state index < -0.39 is 17.6 Å². The molecule has 4 nitrogen and oxygen atoms in total. The zero-order valence-electron chi connectivity index (χ0n) is 6.40. The molecule has 0 amide bonds. The van der Waals surface area contributed by atoms with Crippen LogP contribution in [0.3, 0.4) is 0 Å². The molecule has 2 bridgehead atoms. The lowest BCUT2D eigenvalue weighted by atomic mass is 9.85. The Kier molecular flexibility index (Phi) is 1.62. The first-order chi connectivity index (χ1) is 5.59. The van der Waals surface area contributed by atoms with Crippen molar-refractivity contribution in [2.45, 2.75) is 36.9 Å². The summed E-state index contributed by atoms with van der Waals surface area (Å²) >= 11 is 5.81. The number of aliphatic hydroxyl groups excluding tert-OH is 1. The summed E-state index contributed by atoms with van der Waals surface area (Å²) in [6.45, 7) is 0. The van der Waals surface area contributed by atoms with Gasteiger partial charge < -0.3 is 10.2 Å². The van der Waals surface area contributed by atoms with E-state index in [-0.39, 0.29) is 6.04 Å². The molecule has 0 unspecified atom stereocenters. The number of nitrogens with zero attached hydrogens (tertiary/aromatic N) is 1. The van der Waals surface area contributed by atoms with Crippen molar-refractivity contribution in [3.05, 3.63) is 0 Å². The topological polar surface area (TPSA) is 60.8 Å². The Bertz CT molecular complexity index is 235. The van der Waals surface area contributed by atoms with Crippen LogP contribution in [0.2, 0.25) is 0 Å². The summed E-state index contributed by atoms with van der Waals surface area (Å²) in [5, 5.41) is 18.4. The summed E-state index contributed by atoms with van der Waals surface area (Å²) < 4.78 is 1.29. The van der Waals surface area contributed by atoms with Crippen molar-refractivity contribution in [3.63, 3.8) is 0 Å². The normalized spacial score (nSPS) is 46.8. The lowest BCUT2D eigenvalue weighted by Gasteiger charge is -2.28. The zero-order valence-corrected chi connectivity index (χ0v) is 7.16. The maximum atomic E-state index is 10.9. The minimum atomic E-state index is -1.20. The van der Waals surface area contributed by atoms with Crippen LogP contribution in [-0.4, -0.2) is 38.3 Å².